The molecule has 1 aliphatic rings. The fraction of sp³-hybridized carbons (Fsp3) is 0.467. The molecule has 1 unspecified atom stereocenters. The van der Waals surface area contributed by atoms with E-state index in [9.17, 15) is 0 Å². The Labute approximate surface area is 128 Å². The van der Waals surface area contributed by atoms with Crippen LogP contribution in [-0.4, -0.2) is 24.9 Å². The second-order valence-electron chi connectivity index (χ2n) is 4.54. The Morgan fingerprint density at radius 3 is 2.79 bits per heavy atom. The molecule has 0 saturated heterocycles. The topological polar surface area (TPSA) is 21.3 Å². The number of halogens is 1. The van der Waals surface area contributed by atoms with Gasteiger partial charge in [0.25, 0.3) is 0 Å². The van der Waals surface area contributed by atoms with Crippen LogP contribution in [0.3, 0.4) is 0 Å². The van der Waals surface area contributed by atoms with E-state index in [1.807, 2.05) is 18.0 Å². The summed E-state index contributed by atoms with van der Waals surface area (Å²) in [7, 11) is 0. The lowest BCUT2D eigenvalue weighted by Crippen LogP contribution is -2.34. The molecule has 1 atom stereocenters. The van der Waals surface area contributed by atoms with Crippen LogP contribution in [0.25, 0.3) is 0 Å². The Hall–Kier alpha value is -0.450. The molecular weight excluding hydrogens is 322 g/mol. The highest BCUT2D eigenvalue weighted by atomic mass is 79.9. The summed E-state index contributed by atoms with van der Waals surface area (Å²) in [6.45, 7) is 4.01. The van der Waals surface area contributed by atoms with E-state index in [0.717, 1.165) is 36.2 Å². The third-order valence-electron chi connectivity index (χ3n) is 3.09. The number of hydrogen-bond acceptors (Lipinski definition) is 3. The smallest absolute Gasteiger partial charge is 0.0876 e. The van der Waals surface area contributed by atoms with Crippen molar-refractivity contribution in [3.8, 4) is 0 Å². The van der Waals surface area contributed by atoms with E-state index in [4.69, 9.17) is 4.74 Å². The standard InChI is InChI=1S/C15H20BrNOS/c1-2-17-15(12-4-3-9-18-10-12)11-19-14-7-5-13(16)6-8-14/h5-8,10,15,17H,2-4,9,11H2,1H3. The molecule has 1 heterocycles. The molecule has 0 amide bonds. The van der Waals surface area contributed by atoms with Gasteiger partial charge in [-0.1, -0.05) is 22.9 Å². The fourth-order valence-corrected chi connectivity index (χ4v) is 3.38. The SMILES string of the molecule is CCNC(CSc1ccc(Br)cc1)C1=COCCC1. The lowest BCUT2D eigenvalue weighted by Gasteiger charge is -2.23. The number of nitrogens with one attached hydrogen (secondary N) is 1. The highest BCUT2D eigenvalue weighted by Gasteiger charge is 2.16. The van der Waals surface area contributed by atoms with Crippen LogP contribution in [0.4, 0.5) is 0 Å². The average molecular weight is 342 g/mol. The summed E-state index contributed by atoms with van der Waals surface area (Å²) in [6, 6.07) is 8.91. The highest BCUT2D eigenvalue weighted by Crippen LogP contribution is 2.25. The second-order valence-corrected chi connectivity index (χ2v) is 6.55. The van der Waals surface area contributed by atoms with Gasteiger partial charge in [0.05, 0.1) is 12.9 Å². The minimum Gasteiger partial charge on any atom is -0.501 e. The summed E-state index contributed by atoms with van der Waals surface area (Å²) < 4.78 is 6.59. The maximum Gasteiger partial charge on any atom is 0.0876 e. The summed E-state index contributed by atoms with van der Waals surface area (Å²) in [5.74, 6) is 1.05. The minimum absolute atomic E-state index is 0.416. The van der Waals surface area contributed by atoms with Crippen LogP contribution < -0.4 is 5.32 Å². The molecule has 0 saturated carbocycles. The normalized spacial score (nSPS) is 16.6. The average Bonchev–Trinajstić information content (AvgIpc) is 2.46. The van der Waals surface area contributed by atoms with Gasteiger partial charge in [-0.25, -0.2) is 0 Å². The molecule has 1 aromatic rings. The van der Waals surface area contributed by atoms with Crippen molar-refractivity contribution in [2.75, 3.05) is 18.9 Å². The van der Waals surface area contributed by atoms with Crippen molar-refractivity contribution in [2.45, 2.75) is 30.7 Å². The van der Waals surface area contributed by atoms with E-state index in [1.54, 1.807) is 0 Å². The summed E-state index contributed by atoms with van der Waals surface area (Å²) in [5.41, 5.74) is 1.40. The molecule has 19 heavy (non-hydrogen) atoms. The van der Waals surface area contributed by atoms with E-state index < -0.39 is 0 Å². The molecule has 104 valence electrons. The van der Waals surface area contributed by atoms with E-state index >= 15 is 0 Å². The van der Waals surface area contributed by atoms with Gasteiger partial charge in [0.1, 0.15) is 0 Å². The van der Waals surface area contributed by atoms with E-state index in [1.165, 1.54) is 10.5 Å². The van der Waals surface area contributed by atoms with Crippen LogP contribution in [-0.2, 0) is 4.74 Å². The summed E-state index contributed by atoms with van der Waals surface area (Å²) in [6.07, 6.45) is 4.24. The molecule has 0 fully saturated rings. The molecule has 2 rings (SSSR count). The molecule has 0 bridgehead atoms. The largest absolute Gasteiger partial charge is 0.501 e. The molecule has 2 nitrogen and oxygen atoms in total. The number of likely N-dealkylation sites (N-methyl/N-ethyl adjacent to an activating group) is 1. The lowest BCUT2D eigenvalue weighted by molar-refractivity contribution is 0.220. The van der Waals surface area contributed by atoms with Gasteiger partial charge in [0, 0.05) is 21.2 Å². The minimum atomic E-state index is 0.416. The van der Waals surface area contributed by atoms with Crippen molar-refractivity contribution >= 4 is 27.7 Å². The first kappa shape index (κ1) is 14.9. The maximum absolute atomic E-state index is 5.46. The molecule has 0 spiro atoms. The highest BCUT2D eigenvalue weighted by molar-refractivity contribution is 9.10. The number of rotatable bonds is 6. The van der Waals surface area contributed by atoms with Crippen LogP contribution >= 0.6 is 27.7 Å². The Morgan fingerprint density at radius 2 is 2.16 bits per heavy atom. The Morgan fingerprint density at radius 1 is 1.37 bits per heavy atom. The number of ether oxygens (including phenoxy) is 1. The molecule has 1 aliphatic heterocycles. The summed E-state index contributed by atoms with van der Waals surface area (Å²) in [4.78, 5) is 1.31. The molecule has 1 aromatic carbocycles. The van der Waals surface area contributed by atoms with Crippen molar-refractivity contribution in [3.05, 3.63) is 40.6 Å². The zero-order chi connectivity index (χ0) is 13.5. The summed E-state index contributed by atoms with van der Waals surface area (Å²) >= 11 is 5.36. The van der Waals surface area contributed by atoms with Crippen molar-refractivity contribution in [2.24, 2.45) is 0 Å². The van der Waals surface area contributed by atoms with Crippen molar-refractivity contribution in [1.82, 2.24) is 5.32 Å². The fourth-order valence-electron chi connectivity index (χ4n) is 2.09. The number of thioether (sulfide) groups is 1. The first-order valence-electron chi connectivity index (χ1n) is 6.72. The predicted octanol–water partition coefficient (Wildman–Crippen LogP) is 4.21. The molecule has 0 aliphatic carbocycles. The maximum atomic E-state index is 5.46. The van der Waals surface area contributed by atoms with Gasteiger partial charge in [-0.05, 0) is 49.2 Å². The van der Waals surface area contributed by atoms with Gasteiger partial charge < -0.3 is 10.1 Å². The van der Waals surface area contributed by atoms with Gasteiger partial charge in [0.2, 0.25) is 0 Å². The molecular formula is C15H20BrNOS. The molecule has 1 N–H and O–H groups in total. The first-order chi connectivity index (χ1) is 9.29. The third-order valence-corrected chi connectivity index (χ3v) is 4.72. The number of hydrogen-bond donors (Lipinski definition) is 1. The van der Waals surface area contributed by atoms with Crippen molar-refractivity contribution in [3.63, 3.8) is 0 Å². The van der Waals surface area contributed by atoms with Crippen LogP contribution in [0, 0.1) is 0 Å². The van der Waals surface area contributed by atoms with E-state index in [2.05, 4.69) is 52.4 Å². The molecule has 0 radical (unpaired) electrons. The van der Waals surface area contributed by atoms with Crippen LogP contribution in [0.2, 0.25) is 0 Å². The monoisotopic (exact) mass is 341 g/mol. The number of benzene rings is 1. The zero-order valence-corrected chi connectivity index (χ0v) is 13.6. The van der Waals surface area contributed by atoms with E-state index in [-0.39, 0.29) is 0 Å². The Bertz CT molecular complexity index is 419. The third kappa shape index (κ3) is 4.86. The van der Waals surface area contributed by atoms with Crippen molar-refractivity contribution < 1.29 is 4.74 Å². The summed E-state index contributed by atoms with van der Waals surface area (Å²) in [5, 5.41) is 3.56. The van der Waals surface area contributed by atoms with E-state index in [0.29, 0.717) is 6.04 Å². The second kappa shape index (κ2) is 7.98. The Balaban J connectivity index is 1.92. The van der Waals surface area contributed by atoms with Gasteiger partial charge in [-0.15, -0.1) is 11.8 Å². The quantitative estimate of drug-likeness (QED) is 0.783. The van der Waals surface area contributed by atoms with Gasteiger partial charge in [-0.3, -0.25) is 0 Å². The van der Waals surface area contributed by atoms with Gasteiger partial charge >= 0.3 is 0 Å². The van der Waals surface area contributed by atoms with Gasteiger partial charge in [-0.2, -0.15) is 0 Å². The zero-order valence-electron chi connectivity index (χ0n) is 11.2. The van der Waals surface area contributed by atoms with Crippen molar-refractivity contribution in [1.29, 1.82) is 0 Å². The Kier molecular flexibility index (Phi) is 6.28. The van der Waals surface area contributed by atoms with Crippen LogP contribution in [0.15, 0.2) is 45.5 Å². The van der Waals surface area contributed by atoms with Crippen LogP contribution in [0.5, 0.6) is 0 Å². The predicted molar refractivity (Wildman–Crippen MR) is 85.6 cm³/mol. The molecule has 4 heteroatoms. The van der Waals surface area contributed by atoms with Crippen LogP contribution in [0.1, 0.15) is 19.8 Å². The first-order valence-corrected chi connectivity index (χ1v) is 8.49. The lowest BCUT2D eigenvalue weighted by atomic mass is 10.0. The van der Waals surface area contributed by atoms with Gasteiger partial charge in [0.15, 0.2) is 0 Å². The molecule has 0 aromatic heterocycles.